The van der Waals surface area contributed by atoms with Crippen LogP contribution < -0.4 is 0 Å². The van der Waals surface area contributed by atoms with E-state index in [2.05, 4.69) is 6.92 Å². The van der Waals surface area contributed by atoms with Crippen molar-refractivity contribution in [3.05, 3.63) is 0 Å². The molecule has 27 heavy (non-hydrogen) atoms. The van der Waals surface area contributed by atoms with Gasteiger partial charge in [0.15, 0.2) is 0 Å². The number of nitrogens with zero attached hydrogens (tertiary/aromatic N) is 3. The second-order valence-electron chi connectivity index (χ2n) is 9.12. The average molecular weight is 380 g/mol. The Morgan fingerprint density at radius 2 is 1.67 bits per heavy atom. The maximum atomic E-state index is 13.0. The summed E-state index contributed by atoms with van der Waals surface area (Å²) in [6.07, 6.45) is 5.19. The summed E-state index contributed by atoms with van der Waals surface area (Å²) in [5.41, 5.74) is -0.467. The monoisotopic (exact) mass is 379 g/mol. The van der Waals surface area contributed by atoms with Crippen LogP contribution in [0, 0.1) is 11.3 Å². The maximum Gasteiger partial charge on any atom is 0.245 e. The number of hydrogen-bond acceptors (Lipinski definition) is 3. The zero-order valence-corrected chi connectivity index (χ0v) is 17.8. The molecular weight excluding hydrogens is 342 g/mol. The van der Waals surface area contributed by atoms with Gasteiger partial charge in [0, 0.05) is 44.6 Å². The highest BCUT2D eigenvalue weighted by molar-refractivity contribution is 5.90. The van der Waals surface area contributed by atoms with E-state index in [1.807, 2.05) is 37.6 Å². The van der Waals surface area contributed by atoms with Crippen LogP contribution in [0.5, 0.6) is 0 Å². The van der Waals surface area contributed by atoms with E-state index in [0.717, 1.165) is 45.1 Å². The van der Waals surface area contributed by atoms with Crippen molar-refractivity contribution in [2.75, 3.05) is 33.2 Å². The van der Waals surface area contributed by atoms with Crippen molar-refractivity contribution >= 4 is 17.7 Å². The molecule has 2 rings (SSSR count). The molecule has 0 radical (unpaired) electrons. The van der Waals surface area contributed by atoms with Crippen LogP contribution in [-0.4, -0.2) is 71.7 Å². The minimum atomic E-state index is -0.467. The normalized spacial score (nSPS) is 21.4. The lowest BCUT2D eigenvalue weighted by Crippen LogP contribution is -2.52. The SMILES string of the molecule is CCCCN(C)C(=O)C1CCN(C(=O)C2CCCN2C(=O)C(C)(C)C)CC1. The molecule has 0 N–H and O–H groups in total. The van der Waals surface area contributed by atoms with Gasteiger partial charge in [0.05, 0.1) is 0 Å². The summed E-state index contributed by atoms with van der Waals surface area (Å²) in [6, 6.07) is -0.323. The van der Waals surface area contributed by atoms with Gasteiger partial charge in [-0.25, -0.2) is 0 Å². The molecule has 2 heterocycles. The zero-order chi connectivity index (χ0) is 20.2. The van der Waals surface area contributed by atoms with Gasteiger partial charge in [-0.1, -0.05) is 34.1 Å². The standard InChI is InChI=1S/C21H37N3O3/c1-6-7-12-22(5)18(25)16-10-14-23(15-11-16)19(26)17-9-8-13-24(17)20(27)21(2,3)4/h16-17H,6-15H2,1-5H3. The number of hydrogen-bond donors (Lipinski definition) is 0. The molecule has 1 atom stereocenters. The molecule has 2 aliphatic heterocycles. The highest BCUT2D eigenvalue weighted by Gasteiger charge is 2.41. The minimum Gasteiger partial charge on any atom is -0.346 e. The molecule has 6 heteroatoms. The number of carbonyl (C=O) groups is 3. The molecule has 154 valence electrons. The first-order chi connectivity index (χ1) is 12.7. The third-order valence-electron chi connectivity index (χ3n) is 5.82. The van der Waals surface area contributed by atoms with E-state index in [1.165, 1.54) is 0 Å². The lowest BCUT2D eigenvalue weighted by atomic mass is 9.93. The van der Waals surface area contributed by atoms with Crippen molar-refractivity contribution in [1.82, 2.24) is 14.7 Å². The van der Waals surface area contributed by atoms with Gasteiger partial charge < -0.3 is 14.7 Å². The number of piperidine rings is 1. The van der Waals surface area contributed by atoms with E-state index in [9.17, 15) is 14.4 Å². The first-order valence-corrected chi connectivity index (χ1v) is 10.5. The quantitative estimate of drug-likeness (QED) is 0.737. The first kappa shape index (κ1) is 21.7. The molecule has 6 nitrogen and oxygen atoms in total. The van der Waals surface area contributed by atoms with Crippen LogP contribution in [0.1, 0.15) is 66.2 Å². The summed E-state index contributed by atoms with van der Waals surface area (Å²) in [4.78, 5) is 43.7. The fraction of sp³-hybridized carbons (Fsp3) is 0.857. The van der Waals surface area contributed by atoms with Crippen LogP contribution in [0.3, 0.4) is 0 Å². The highest BCUT2D eigenvalue weighted by Crippen LogP contribution is 2.28. The number of amides is 3. The Morgan fingerprint density at radius 1 is 1.04 bits per heavy atom. The molecule has 0 aromatic rings. The van der Waals surface area contributed by atoms with E-state index in [-0.39, 0.29) is 29.7 Å². The predicted octanol–water partition coefficient (Wildman–Crippen LogP) is 2.52. The summed E-state index contributed by atoms with van der Waals surface area (Å²) in [5.74, 6) is 0.351. The zero-order valence-electron chi connectivity index (χ0n) is 17.8. The molecular formula is C21H37N3O3. The van der Waals surface area contributed by atoms with E-state index < -0.39 is 5.41 Å². The summed E-state index contributed by atoms with van der Waals surface area (Å²) < 4.78 is 0. The fourth-order valence-corrected chi connectivity index (χ4v) is 4.07. The first-order valence-electron chi connectivity index (χ1n) is 10.5. The average Bonchev–Trinajstić information content (AvgIpc) is 3.13. The van der Waals surface area contributed by atoms with Crippen LogP contribution in [0.2, 0.25) is 0 Å². The number of carbonyl (C=O) groups excluding carboxylic acids is 3. The maximum absolute atomic E-state index is 13.0. The number of rotatable bonds is 5. The molecule has 2 saturated heterocycles. The molecule has 0 aliphatic carbocycles. The largest absolute Gasteiger partial charge is 0.346 e. The summed E-state index contributed by atoms with van der Waals surface area (Å²) in [5, 5.41) is 0. The second-order valence-corrected chi connectivity index (χ2v) is 9.12. The Morgan fingerprint density at radius 3 is 2.22 bits per heavy atom. The smallest absolute Gasteiger partial charge is 0.245 e. The Bertz CT molecular complexity index is 547. The number of unbranched alkanes of at least 4 members (excludes halogenated alkanes) is 1. The van der Waals surface area contributed by atoms with Crippen LogP contribution in [0.4, 0.5) is 0 Å². The molecule has 0 aromatic heterocycles. The van der Waals surface area contributed by atoms with Gasteiger partial charge >= 0.3 is 0 Å². The van der Waals surface area contributed by atoms with E-state index in [4.69, 9.17) is 0 Å². The van der Waals surface area contributed by atoms with Gasteiger partial charge in [-0.05, 0) is 32.1 Å². The van der Waals surface area contributed by atoms with Crippen molar-refractivity contribution in [2.45, 2.75) is 72.3 Å². The van der Waals surface area contributed by atoms with Crippen LogP contribution >= 0.6 is 0 Å². The third kappa shape index (κ3) is 5.23. The van der Waals surface area contributed by atoms with Crippen molar-refractivity contribution in [3.63, 3.8) is 0 Å². The molecule has 0 aromatic carbocycles. The number of likely N-dealkylation sites (tertiary alicyclic amines) is 2. The molecule has 3 amide bonds. The van der Waals surface area contributed by atoms with Crippen molar-refractivity contribution < 1.29 is 14.4 Å². The van der Waals surface area contributed by atoms with Gasteiger partial charge in [-0.15, -0.1) is 0 Å². The molecule has 0 bridgehead atoms. The van der Waals surface area contributed by atoms with Crippen LogP contribution in [0.15, 0.2) is 0 Å². The van der Waals surface area contributed by atoms with E-state index in [1.54, 1.807) is 4.90 Å². The predicted molar refractivity (Wildman–Crippen MR) is 106 cm³/mol. The van der Waals surface area contributed by atoms with Crippen LogP contribution in [-0.2, 0) is 14.4 Å². The van der Waals surface area contributed by atoms with Gasteiger partial charge in [0.2, 0.25) is 17.7 Å². The molecule has 1 unspecified atom stereocenters. The summed E-state index contributed by atoms with van der Waals surface area (Å²) >= 11 is 0. The van der Waals surface area contributed by atoms with Gasteiger partial charge in [0.25, 0.3) is 0 Å². The highest BCUT2D eigenvalue weighted by atomic mass is 16.2. The van der Waals surface area contributed by atoms with Gasteiger partial charge in [0.1, 0.15) is 6.04 Å². The molecule has 2 fully saturated rings. The summed E-state index contributed by atoms with van der Waals surface area (Å²) in [7, 11) is 1.88. The Labute approximate surface area is 164 Å². The van der Waals surface area contributed by atoms with Crippen molar-refractivity contribution in [3.8, 4) is 0 Å². The van der Waals surface area contributed by atoms with E-state index in [0.29, 0.717) is 19.6 Å². The summed E-state index contributed by atoms with van der Waals surface area (Å²) in [6.45, 7) is 10.5. The van der Waals surface area contributed by atoms with E-state index >= 15 is 0 Å². The second kappa shape index (κ2) is 9.07. The lowest BCUT2D eigenvalue weighted by molar-refractivity contribution is -0.149. The molecule has 0 spiro atoms. The topological polar surface area (TPSA) is 60.9 Å². The Balaban J connectivity index is 1.91. The Kier molecular flexibility index (Phi) is 7.29. The fourth-order valence-electron chi connectivity index (χ4n) is 4.07. The third-order valence-corrected chi connectivity index (χ3v) is 5.82. The van der Waals surface area contributed by atoms with Crippen molar-refractivity contribution in [1.29, 1.82) is 0 Å². The van der Waals surface area contributed by atoms with Crippen LogP contribution in [0.25, 0.3) is 0 Å². The minimum absolute atomic E-state index is 0.0202. The van der Waals surface area contributed by atoms with Gasteiger partial charge in [-0.2, -0.15) is 0 Å². The van der Waals surface area contributed by atoms with Gasteiger partial charge in [-0.3, -0.25) is 14.4 Å². The Hall–Kier alpha value is -1.59. The lowest BCUT2D eigenvalue weighted by Gasteiger charge is -2.37. The van der Waals surface area contributed by atoms with Crippen molar-refractivity contribution in [2.24, 2.45) is 11.3 Å². The molecule has 2 aliphatic rings. The molecule has 0 saturated carbocycles.